The van der Waals surface area contributed by atoms with Crippen molar-refractivity contribution in [3.05, 3.63) is 34.7 Å². The zero-order valence-electron chi connectivity index (χ0n) is 11.4. The van der Waals surface area contributed by atoms with E-state index in [-0.39, 0.29) is 5.69 Å². The van der Waals surface area contributed by atoms with Crippen molar-refractivity contribution in [3.8, 4) is 0 Å². The van der Waals surface area contributed by atoms with E-state index in [2.05, 4.69) is 10.2 Å². The number of para-hydroxylation sites is 1. The second-order valence-electron chi connectivity index (χ2n) is 5.15. The first-order chi connectivity index (χ1) is 9.75. The largest absolute Gasteiger partial charge is 0.421 e. The fraction of sp³-hybridized carbons (Fsp3) is 0.400. The van der Waals surface area contributed by atoms with E-state index in [1.807, 2.05) is 18.2 Å². The minimum absolute atomic E-state index is 0.158. The van der Waals surface area contributed by atoms with Crippen LogP contribution in [0.1, 0.15) is 12.8 Å². The molecule has 2 heterocycles. The maximum Gasteiger partial charge on any atom is 0.361 e. The van der Waals surface area contributed by atoms with Crippen LogP contribution in [0.5, 0.6) is 0 Å². The Kier molecular flexibility index (Phi) is 3.60. The standard InChI is InChI=1S/C15H19N3O2/c16-13-14(17-7-10-18-8-3-4-9-18)11-5-1-2-6-12(11)20-15(13)19/h1-2,5-6,17H,3-4,7-10,16H2. The van der Waals surface area contributed by atoms with E-state index in [1.165, 1.54) is 12.8 Å². The van der Waals surface area contributed by atoms with Crippen LogP contribution in [0.2, 0.25) is 0 Å². The van der Waals surface area contributed by atoms with Crippen molar-refractivity contribution < 1.29 is 4.42 Å². The summed E-state index contributed by atoms with van der Waals surface area (Å²) in [6.45, 7) is 4.06. The summed E-state index contributed by atoms with van der Waals surface area (Å²) in [6, 6.07) is 7.44. The number of fused-ring (bicyclic) bond motifs is 1. The van der Waals surface area contributed by atoms with Gasteiger partial charge in [0.2, 0.25) is 0 Å². The number of nitrogens with two attached hydrogens (primary N) is 1. The van der Waals surface area contributed by atoms with Crippen LogP contribution in [-0.4, -0.2) is 31.1 Å². The van der Waals surface area contributed by atoms with Gasteiger partial charge in [-0.15, -0.1) is 0 Å². The summed E-state index contributed by atoms with van der Waals surface area (Å²) in [5, 5.41) is 4.15. The predicted molar refractivity (Wildman–Crippen MR) is 81.1 cm³/mol. The van der Waals surface area contributed by atoms with Crippen LogP contribution < -0.4 is 16.7 Å². The van der Waals surface area contributed by atoms with Crippen molar-refractivity contribution in [2.24, 2.45) is 0 Å². The Morgan fingerprint density at radius 3 is 2.80 bits per heavy atom. The Bertz CT molecular complexity index is 660. The molecule has 1 aliphatic rings. The SMILES string of the molecule is Nc1c(NCCN2CCCC2)c2ccccc2oc1=O. The molecule has 0 aliphatic carbocycles. The predicted octanol–water partition coefficient (Wildman–Crippen LogP) is 1.88. The highest BCUT2D eigenvalue weighted by molar-refractivity contribution is 5.95. The molecule has 0 bridgehead atoms. The molecule has 20 heavy (non-hydrogen) atoms. The molecule has 3 N–H and O–H groups in total. The molecule has 2 aromatic rings. The van der Waals surface area contributed by atoms with Gasteiger partial charge in [-0.1, -0.05) is 12.1 Å². The normalized spacial score (nSPS) is 15.8. The number of nitrogens with one attached hydrogen (secondary N) is 1. The molecule has 5 heteroatoms. The Labute approximate surface area is 117 Å². The van der Waals surface area contributed by atoms with Gasteiger partial charge in [0.15, 0.2) is 0 Å². The molecule has 1 aromatic carbocycles. The van der Waals surface area contributed by atoms with Gasteiger partial charge in [0, 0.05) is 18.5 Å². The summed E-state index contributed by atoms with van der Waals surface area (Å²) in [5.74, 6) is 0. The molecule has 5 nitrogen and oxygen atoms in total. The van der Waals surface area contributed by atoms with Gasteiger partial charge in [-0.3, -0.25) is 0 Å². The monoisotopic (exact) mass is 273 g/mol. The first-order valence-electron chi connectivity index (χ1n) is 7.03. The third kappa shape index (κ3) is 2.49. The number of hydrogen-bond acceptors (Lipinski definition) is 5. The van der Waals surface area contributed by atoms with Gasteiger partial charge in [0.25, 0.3) is 0 Å². The molecule has 0 saturated carbocycles. The van der Waals surface area contributed by atoms with E-state index in [4.69, 9.17) is 10.2 Å². The lowest BCUT2D eigenvalue weighted by Gasteiger charge is -2.16. The Balaban J connectivity index is 1.82. The van der Waals surface area contributed by atoms with Crippen LogP contribution in [0.3, 0.4) is 0 Å². The van der Waals surface area contributed by atoms with Crippen molar-refractivity contribution in [3.63, 3.8) is 0 Å². The Morgan fingerprint density at radius 1 is 1.25 bits per heavy atom. The molecule has 0 radical (unpaired) electrons. The maximum absolute atomic E-state index is 11.7. The zero-order chi connectivity index (χ0) is 13.9. The Hall–Kier alpha value is -2.01. The van der Waals surface area contributed by atoms with E-state index in [1.54, 1.807) is 6.07 Å². The van der Waals surface area contributed by atoms with Crippen molar-refractivity contribution in [2.45, 2.75) is 12.8 Å². The summed E-state index contributed by atoms with van der Waals surface area (Å²) in [6.07, 6.45) is 2.56. The zero-order valence-corrected chi connectivity index (χ0v) is 11.4. The molecule has 1 saturated heterocycles. The topological polar surface area (TPSA) is 71.5 Å². The first kappa shape index (κ1) is 13.0. The molecule has 0 amide bonds. The molecule has 106 valence electrons. The van der Waals surface area contributed by atoms with Crippen molar-refractivity contribution in [1.82, 2.24) is 4.90 Å². The molecule has 1 aromatic heterocycles. The number of likely N-dealkylation sites (tertiary alicyclic amines) is 1. The number of benzene rings is 1. The molecule has 0 spiro atoms. The van der Waals surface area contributed by atoms with E-state index in [9.17, 15) is 4.79 Å². The molecular weight excluding hydrogens is 254 g/mol. The van der Waals surface area contributed by atoms with E-state index in [0.29, 0.717) is 11.3 Å². The van der Waals surface area contributed by atoms with E-state index >= 15 is 0 Å². The molecule has 0 atom stereocenters. The van der Waals surface area contributed by atoms with Crippen LogP contribution in [0.15, 0.2) is 33.5 Å². The summed E-state index contributed by atoms with van der Waals surface area (Å²) in [5.41, 5.74) is 6.79. The quantitative estimate of drug-likeness (QED) is 0.832. The first-order valence-corrected chi connectivity index (χ1v) is 7.03. The summed E-state index contributed by atoms with van der Waals surface area (Å²) < 4.78 is 5.18. The maximum atomic E-state index is 11.7. The highest BCUT2D eigenvalue weighted by Crippen LogP contribution is 2.26. The van der Waals surface area contributed by atoms with Crippen molar-refractivity contribution in [2.75, 3.05) is 37.2 Å². The fourth-order valence-electron chi connectivity index (χ4n) is 2.70. The minimum atomic E-state index is -0.479. The number of anilines is 2. The molecule has 3 rings (SSSR count). The number of hydrogen-bond donors (Lipinski definition) is 2. The lowest BCUT2D eigenvalue weighted by atomic mass is 10.2. The molecule has 1 fully saturated rings. The third-order valence-electron chi connectivity index (χ3n) is 3.78. The van der Waals surface area contributed by atoms with E-state index in [0.717, 1.165) is 31.6 Å². The van der Waals surface area contributed by atoms with Crippen LogP contribution in [0.4, 0.5) is 11.4 Å². The smallest absolute Gasteiger partial charge is 0.361 e. The average Bonchev–Trinajstić information content (AvgIpc) is 2.96. The second kappa shape index (κ2) is 5.54. The van der Waals surface area contributed by atoms with Gasteiger partial charge in [-0.25, -0.2) is 4.79 Å². The van der Waals surface area contributed by atoms with Crippen LogP contribution in [0, 0.1) is 0 Å². The molecule has 1 aliphatic heterocycles. The lowest BCUT2D eigenvalue weighted by molar-refractivity contribution is 0.353. The van der Waals surface area contributed by atoms with Gasteiger partial charge in [-0.2, -0.15) is 0 Å². The highest BCUT2D eigenvalue weighted by Gasteiger charge is 2.13. The molecule has 0 unspecified atom stereocenters. The van der Waals surface area contributed by atoms with Gasteiger partial charge in [0.05, 0.1) is 5.69 Å². The molecular formula is C15H19N3O2. The van der Waals surface area contributed by atoms with Crippen molar-refractivity contribution in [1.29, 1.82) is 0 Å². The minimum Gasteiger partial charge on any atom is -0.421 e. The lowest BCUT2D eigenvalue weighted by Crippen LogP contribution is -2.26. The van der Waals surface area contributed by atoms with Crippen molar-refractivity contribution >= 4 is 22.3 Å². The van der Waals surface area contributed by atoms with E-state index < -0.39 is 5.63 Å². The Morgan fingerprint density at radius 2 is 2.00 bits per heavy atom. The van der Waals surface area contributed by atoms with Gasteiger partial charge < -0.3 is 20.4 Å². The van der Waals surface area contributed by atoms with Crippen LogP contribution in [0.25, 0.3) is 11.0 Å². The van der Waals surface area contributed by atoms with Gasteiger partial charge in [-0.05, 0) is 38.1 Å². The van der Waals surface area contributed by atoms with Gasteiger partial charge >= 0.3 is 5.63 Å². The summed E-state index contributed by atoms with van der Waals surface area (Å²) >= 11 is 0. The fourth-order valence-corrected chi connectivity index (χ4v) is 2.70. The number of nitrogen functional groups attached to an aromatic ring is 1. The number of nitrogens with zero attached hydrogens (tertiary/aromatic N) is 1. The average molecular weight is 273 g/mol. The summed E-state index contributed by atoms with van der Waals surface area (Å²) in [7, 11) is 0. The number of rotatable bonds is 4. The van der Waals surface area contributed by atoms with Gasteiger partial charge in [0.1, 0.15) is 11.3 Å². The summed E-state index contributed by atoms with van der Waals surface area (Å²) in [4.78, 5) is 14.1. The third-order valence-corrected chi connectivity index (χ3v) is 3.78. The second-order valence-corrected chi connectivity index (χ2v) is 5.15. The van der Waals surface area contributed by atoms with Crippen LogP contribution >= 0.6 is 0 Å². The van der Waals surface area contributed by atoms with Crippen LogP contribution in [-0.2, 0) is 0 Å². The highest BCUT2D eigenvalue weighted by atomic mass is 16.4.